The number of methoxy groups -OCH3 is 1. The number of fused-ring (bicyclic) bond motifs is 1. The van der Waals surface area contributed by atoms with Crippen LogP contribution in [0.4, 0.5) is 0 Å². The van der Waals surface area contributed by atoms with Crippen LogP contribution < -0.4 is 14.2 Å². The zero-order chi connectivity index (χ0) is 14.5. The lowest BCUT2D eigenvalue weighted by atomic mass is 10.2. The normalized spacial score (nSPS) is 12.0. The summed E-state index contributed by atoms with van der Waals surface area (Å²) in [7, 11) is 1.64. The highest BCUT2D eigenvalue weighted by atomic mass is 16.7. The molecule has 1 heterocycles. The van der Waals surface area contributed by atoms with Crippen molar-refractivity contribution in [2.75, 3.05) is 13.9 Å². The van der Waals surface area contributed by atoms with Gasteiger partial charge in [-0.15, -0.1) is 0 Å². The molecule has 2 aromatic rings. The molecular weight excluding hydrogens is 264 g/mol. The summed E-state index contributed by atoms with van der Waals surface area (Å²) in [4.78, 5) is 0. The molecule has 104 valence electrons. The second-order valence-electron chi connectivity index (χ2n) is 4.42. The Morgan fingerprint density at radius 2 is 1.95 bits per heavy atom. The van der Waals surface area contributed by atoms with E-state index in [9.17, 15) is 0 Å². The van der Waals surface area contributed by atoms with Crippen LogP contribution in [0, 0.1) is 11.8 Å². The Balaban J connectivity index is 1.74. The van der Waals surface area contributed by atoms with Crippen LogP contribution in [-0.4, -0.2) is 13.9 Å². The summed E-state index contributed by atoms with van der Waals surface area (Å²) in [5.41, 5.74) is 1.89. The number of para-hydroxylation sites is 1. The maximum absolute atomic E-state index is 5.34. The SMILES string of the molecule is COc1ccccc1C#C/C=C/c1ccc2c(c1)OCO2. The van der Waals surface area contributed by atoms with Crippen molar-refractivity contribution in [1.29, 1.82) is 0 Å². The molecule has 0 bridgehead atoms. The highest BCUT2D eigenvalue weighted by Gasteiger charge is 2.11. The van der Waals surface area contributed by atoms with Gasteiger partial charge >= 0.3 is 0 Å². The number of benzene rings is 2. The molecule has 0 amide bonds. The molecule has 3 rings (SSSR count). The maximum atomic E-state index is 5.34. The molecule has 0 aliphatic carbocycles. The molecule has 0 spiro atoms. The molecule has 0 aromatic heterocycles. The minimum absolute atomic E-state index is 0.288. The van der Waals surface area contributed by atoms with Crippen molar-refractivity contribution in [3.8, 4) is 29.1 Å². The minimum atomic E-state index is 0.288. The van der Waals surface area contributed by atoms with E-state index in [0.717, 1.165) is 28.4 Å². The Morgan fingerprint density at radius 3 is 2.86 bits per heavy atom. The summed E-state index contributed by atoms with van der Waals surface area (Å²) >= 11 is 0. The number of hydrogen-bond donors (Lipinski definition) is 0. The average molecular weight is 278 g/mol. The predicted molar refractivity (Wildman–Crippen MR) is 81.5 cm³/mol. The van der Waals surface area contributed by atoms with Crippen LogP contribution in [0.15, 0.2) is 48.5 Å². The molecular formula is C18H14O3. The smallest absolute Gasteiger partial charge is 0.231 e. The second kappa shape index (κ2) is 6.06. The summed E-state index contributed by atoms with van der Waals surface area (Å²) < 4.78 is 15.9. The first-order valence-corrected chi connectivity index (χ1v) is 6.57. The van der Waals surface area contributed by atoms with Crippen molar-refractivity contribution in [1.82, 2.24) is 0 Å². The molecule has 0 fully saturated rings. The van der Waals surface area contributed by atoms with E-state index in [1.165, 1.54) is 0 Å². The fourth-order valence-corrected chi connectivity index (χ4v) is 2.02. The van der Waals surface area contributed by atoms with Crippen LogP contribution in [0.3, 0.4) is 0 Å². The fraction of sp³-hybridized carbons (Fsp3) is 0.111. The predicted octanol–water partition coefficient (Wildman–Crippen LogP) is 3.49. The van der Waals surface area contributed by atoms with E-state index in [1.54, 1.807) is 7.11 Å². The van der Waals surface area contributed by atoms with E-state index in [2.05, 4.69) is 11.8 Å². The zero-order valence-corrected chi connectivity index (χ0v) is 11.6. The molecule has 3 nitrogen and oxygen atoms in total. The van der Waals surface area contributed by atoms with E-state index in [-0.39, 0.29) is 6.79 Å². The quantitative estimate of drug-likeness (QED) is 0.787. The zero-order valence-electron chi connectivity index (χ0n) is 11.6. The van der Waals surface area contributed by atoms with Gasteiger partial charge in [0.25, 0.3) is 0 Å². The van der Waals surface area contributed by atoms with E-state index in [4.69, 9.17) is 14.2 Å². The first kappa shape index (κ1) is 13.1. The third-order valence-electron chi connectivity index (χ3n) is 3.07. The Labute approximate surface area is 123 Å². The first-order valence-electron chi connectivity index (χ1n) is 6.57. The summed E-state index contributed by atoms with van der Waals surface area (Å²) in [5.74, 6) is 8.42. The van der Waals surface area contributed by atoms with Crippen molar-refractivity contribution < 1.29 is 14.2 Å². The Bertz CT molecular complexity index is 736. The molecule has 0 saturated carbocycles. The highest BCUT2D eigenvalue weighted by Crippen LogP contribution is 2.32. The van der Waals surface area contributed by atoms with Gasteiger partial charge in [-0.2, -0.15) is 0 Å². The highest BCUT2D eigenvalue weighted by molar-refractivity contribution is 5.59. The van der Waals surface area contributed by atoms with Crippen molar-refractivity contribution >= 4 is 6.08 Å². The topological polar surface area (TPSA) is 27.7 Å². The largest absolute Gasteiger partial charge is 0.495 e. The van der Waals surface area contributed by atoms with E-state index in [0.29, 0.717) is 0 Å². The molecule has 1 aliphatic heterocycles. The standard InChI is InChI=1S/C18H14O3/c1-19-16-9-5-4-8-15(16)7-3-2-6-14-10-11-17-18(12-14)21-13-20-17/h2,4-6,8-12H,13H2,1H3/b6-2+. The number of rotatable bonds is 2. The molecule has 0 saturated heterocycles. The molecule has 0 atom stereocenters. The van der Waals surface area contributed by atoms with E-state index >= 15 is 0 Å². The third-order valence-corrected chi connectivity index (χ3v) is 3.07. The van der Waals surface area contributed by atoms with Crippen LogP contribution >= 0.6 is 0 Å². The number of ether oxygens (including phenoxy) is 3. The van der Waals surface area contributed by atoms with Crippen molar-refractivity contribution in [2.24, 2.45) is 0 Å². The monoisotopic (exact) mass is 278 g/mol. The van der Waals surface area contributed by atoms with Gasteiger partial charge in [0, 0.05) is 0 Å². The summed E-state index contributed by atoms with van der Waals surface area (Å²) in [5, 5.41) is 0. The molecule has 0 N–H and O–H groups in total. The van der Waals surface area contributed by atoms with Crippen molar-refractivity contribution in [3.63, 3.8) is 0 Å². The van der Waals surface area contributed by atoms with Crippen LogP contribution in [0.1, 0.15) is 11.1 Å². The molecule has 21 heavy (non-hydrogen) atoms. The van der Waals surface area contributed by atoms with Gasteiger partial charge < -0.3 is 14.2 Å². The van der Waals surface area contributed by atoms with Crippen LogP contribution in [-0.2, 0) is 0 Å². The van der Waals surface area contributed by atoms with E-state index in [1.807, 2.05) is 54.6 Å². The van der Waals surface area contributed by atoms with Crippen LogP contribution in [0.5, 0.6) is 17.2 Å². The van der Waals surface area contributed by atoms with Crippen LogP contribution in [0.25, 0.3) is 6.08 Å². The lowest BCUT2D eigenvalue weighted by Gasteiger charge is -2.00. The average Bonchev–Trinajstić information content (AvgIpc) is 2.99. The molecule has 0 unspecified atom stereocenters. The Hall–Kier alpha value is -2.86. The van der Waals surface area contributed by atoms with E-state index < -0.39 is 0 Å². The van der Waals surface area contributed by atoms with Crippen LogP contribution in [0.2, 0.25) is 0 Å². The van der Waals surface area contributed by atoms with Crippen molar-refractivity contribution in [3.05, 3.63) is 59.7 Å². The lowest BCUT2D eigenvalue weighted by Crippen LogP contribution is -1.92. The second-order valence-corrected chi connectivity index (χ2v) is 4.42. The third kappa shape index (κ3) is 3.01. The summed E-state index contributed by atoms with van der Waals surface area (Å²) in [6.45, 7) is 0.288. The van der Waals surface area contributed by atoms with Gasteiger partial charge in [-0.3, -0.25) is 0 Å². The first-order chi connectivity index (χ1) is 10.4. The maximum Gasteiger partial charge on any atom is 0.231 e. The molecule has 3 heteroatoms. The number of hydrogen-bond acceptors (Lipinski definition) is 3. The molecule has 1 aliphatic rings. The van der Waals surface area contributed by atoms with Crippen molar-refractivity contribution in [2.45, 2.75) is 0 Å². The summed E-state index contributed by atoms with van der Waals surface area (Å²) in [6, 6.07) is 13.5. The molecule has 2 aromatic carbocycles. The van der Waals surface area contributed by atoms with Gasteiger partial charge in [-0.05, 0) is 42.0 Å². The minimum Gasteiger partial charge on any atom is -0.495 e. The van der Waals surface area contributed by atoms with Gasteiger partial charge in [-0.1, -0.05) is 30.0 Å². The van der Waals surface area contributed by atoms with Gasteiger partial charge in [0.2, 0.25) is 6.79 Å². The lowest BCUT2D eigenvalue weighted by molar-refractivity contribution is 0.174. The molecule has 0 radical (unpaired) electrons. The Morgan fingerprint density at radius 1 is 1.10 bits per heavy atom. The number of allylic oxidation sites excluding steroid dienone is 1. The van der Waals surface area contributed by atoms with Gasteiger partial charge in [0.05, 0.1) is 12.7 Å². The Kier molecular flexibility index (Phi) is 3.79. The van der Waals surface area contributed by atoms with Gasteiger partial charge in [-0.25, -0.2) is 0 Å². The van der Waals surface area contributed by atoms with Gasteiger partial charge in [0.1, 0.15) is 5.75 Å². The summed E-state index contributed by atoms with van der Waals surface area (Å²) in [6.07, 6.45) is 3.74. The van der Waals surface area contributed by atoms with Gasteiger partial charge in [0.15, 0.2) is 11.5 Å². The fourth-order valence-electron chi connectivity index (χ4n) is 2.02.